The standard InChI is InChI=1S/C23H18ClNO5/c24-18-10-6-16(7-11-18)21(26)15-29-22(27)14-25-23(28)17-8-12-20(13-9-17)30-19-4-2-1-3-5-19/h1-13H,14-15H2,(H,25,28). The van der Waals surface area contributed by atoms with Gasteiger partial charge in [-0.3, -0.25) is 14.4 Å². The maximum atomic E-state index is 12.2. The Morgan fingerprint density at radius 2 is 1.37 bits per heavy atom. The van der Waals surface area contributed by atoms with Crippen LogP contribution in [-0.2, 0) is 9.53 Å². The number of carbonyl (C=O) groups is 3. The van der Waals surface area contributed by atoms with E-state index in [-0.39, 0.29) is 12.3 Å². The summed E-state index contributed by atoms with van der Waals surface area (Å²) in [5, 5.41) is 2.96. The Bertz CT molecular complexity index is 1020. The number of hydrogen-bond donors (Lipinski definition) is 1. The van der Waals surface area contributed by atoms with Crippen LogP contribution in [0, 0.1) is 0 Å². The maximum absolute atomic E-state index is 12.2. The molecule has 0 saturated heterocycles. The third-order valence-corrected chi connectivity index (χ3v) is 4.27. The molecule has 3 rings (SSSR count). The van der Waals surface area contributed by atoms with Crippen LogP contribution >= 0.6 is 11.6 Å². The van der Waals surface area contributed by atoms with Gasteiger partial charge in [0.05, 0.1) is 0 Å². The quantitative estimate of drug-likeness (QED) is 0.432. The van der Waals surface area contributed by atoms with E-state index in [1.165, 1.54) is 0 Å². The number of amides is 1. The van der Waals surface area contributed by atoms with E-state index < -0.39 is 18.5 Å². The lowest BCUT2D eigenvalue weighted by Crippen LogP contribution is -2.31. The fraction of sp³-hybridized carbons (Fsp3) is 0.0870. The number of halogens is 1. The molecule has 30 heavy (non-hydrogen) atoms. The van der Waals surface area contributed by atoms with Crippen LogP contribution in [0.15, 0.2) is 78.9 Å². The first-order valence-corrected chi connectivity index (χ1v) is 9.44. The lowest BCUT2D eigenvalue weighted by Gasteiger charge is -2.08. The van der Waals surface area contributed by atoms with Crippen molar-refractivity contribution in [1.29, 1.82) is 0 Å². The second-order valence-corrected chi connectivity index (χ2v) is 6.65. The number of Topliss-reactive ketones (excluding diaryl/α,β-unsaturated/α-hetero) is 1. The van der Waals surface area contributed by atoms with Crippen molar-refractivity contribution in [2.24, 2.45) is 0 Å². The zero-order chi connectivity index (χ0) is 21.3. The molecule has 152 valence electrons. The van der Waals surface area contributed by atoms with Crippen LogP contribution in [0.2, 0.25) is 5.02 Å². The summed E-state index contributed by atoms with van der Waals surface area (Å²) in [5.41, 5.74) is 0.745. The number of rotatable bonds is 8. The van der Waals surface area contributed by atoms with Crippen molar-refractivity contribution >= 4 is 29.3 Å². The van der Waals surface area contributed by atoms with Gasteiger partial charge >= 0.3 is 5.97 Å². The minimum atomic E-state index is -0.713. The van der Waals surface area contributed by atoms with Gasteiger partial charge in [0.15, 0.2) is 12.4 Å². The van der Waals surface area contributed by atoms with Gasteiger partial charge in [-0.15, -0.1) is 0 Å². The average molecular weight is 424 g/mol. The van der Waals surface area contributed by atoms with Crippen molar-refractivity contribution in [2.45, 2.75) is 0 Å². The van der Waals surface area contributed by atoms with E-state index in [1.807, 2.05) is 30.3 Å². The van der Waals surface area contributed by atoms with Crippen LogP contribution in [0.4, 0.5) is 0 Å². The Balaban J connectivity index is 1.43. The summed E-state index contributed by atoms with van der Waals surface area (Å²) in [6.45, 7) is -0.767. The van der Waals surface area contributed by atoms with Crippen LogP contribution in [0.5, 0.6) is 11.5 Å². The third-order valence-electron chi connectivity index (χ3n) is 4.02. The second kappa shape index (κ2) is 10.2. The zero-order valence-corrected chi connectivity index (χ0v) is 16.6. The van der Waals surface area contributed by atoms with Gasteiger partial charge in [0.25, 0.3) is 5.91 Å². The molecule has 0 spiro atoms. The zero-order valence-electron chi connectivity index (χ0n) is 15.8. The molecule has 6 nitrogen and oxygen atoms in total. The van der Waals surface area contributed by atoms with Crippen molar-refractivity contribution < 1.29 is 23.9 Å². The van der Waals surface area contributed by atoms with E-state index >= 15 is 0 Å². The highest BCUT2D eigenvalue weighted by molar-refractivity contribution is 6.30. The number of nitrogens with one attached hydrogen (secondary N) is 1. The van der Waals surface area contributed by atoms with E-state index in [4.69, 9.17) is 21.1 Å². The molecule has 0 aromatic heterocycles. The summed E-state index contributed by atoms with van der Waals surface area (Å²) in [6, 6.07) is 22.0. The smallest absolute Gasteiger partial charge is 0.325 e. The predicted octanol–water partition coefficient (Wildman–Crippen LogP) is 4.29. The van der Waals surface area contributed by atoms with Gasteiger partial charge in [0, 0.05) is 16.1 Å². The van der Waals surface area contributed by atoms with Crippen LogP contribution in [0.1, 0.15) is 20.7 Å². The number of carbonyl (C=O) groups excluding carboxylic acids is 3. The number of ether oxygens (including phenoxy) is 2. The van der Waals surface area contributed by atoms with Crippen molar-refractivity contribution in [3.63, 3.8) is 0 Å². The molecule has 0 bridgehead atoms. The maximum Gasteiger partial charge on any atom is 0.325 e. The van der Waals surface area contributed by atoms with Crippen LogP contribution < -0.4 is 10.1 Å². The minimum absolute atomic E-state index is 0.352. The van der Waals surface area contributed by atoms with E-state index in [1.54, 1.807) is 48.5 Å². The fourth-order valence-electron chi connectivity index (χ4n) is 2.47. The lowest BCUT2D eigenvalue weighted by molar-refractivity contribution is -0.141. The molecule has 0 aliphatic heterocycles. The van der Waals surface area contributed by atoms with Gasteiger partial charge in [-0.2, -0.15) is 0 Å². The van der Waals surface area contributed by atoms with Crippen LogP contribution in [0.25, 0.3) is 0 Å². The number of esters is 1. The summed E-state index contributed by atoms with van der Waals surface area (Å²) in [5.74, 6) is -0.249. The van der Waals surface area contributed by atoms with Crippen LogP contribution in [0.3, 0.4) is 0 Å². The van der Waals surface area contributed by atoms with Gasteiger partial charge in [0.1, 0.15) is 18.0 Å². The first-order chi connectivity index (χ1) is 14.5. The first-order valence-electron chi connectivity index (χ1n) is 9.07. The molecule has 1 N–H and O–H groups in total. The van der Waals surface area contributed by atoms with E-state index in [9.17, 15) is 14.4 Å². The van der Waals surface area contributed by atoms with Crippen molar-refractivity contribution in [3.05, 3.63) is 95.0 Å². The highest BCUT2D eigenvalue weighted by Gasteiger charge is 2.12. The van der Waals surface area contributed by atoms with E-state index in [0.29, 0.717) is 27.6 Å². The van der Waals surface area contributed by atoms with Gasteiger partial charge < -0.3 is 14.8 Å². The molecule has 0 radical (unpaired) electrons. The first kappa shape index (κ1) is 21.1. The summed E-state index contributed by atoms with van der Waals surface area (Å²) >= 11 is 5.77. The molecule has 0 aliphatic rings. The van der Waals surface area contributed by atoms with Gasteiger partial charge in [-0.1, -0.05) is 29.8 Å². The van der Waals surface area contributed by atoms with E-state index in [0.717, 1.165) is 0 Å². The van der Waals surface area contributed by atoms with Gasteiger partial charge in [-0.25, -0.2) is 0 Å². The SMILES string of the molecule is O=C(CNC(=O)c1ccc(Oc2ccccc2)cc1)OCC(=O)c1ccc(Cl)cc1. The van der Waals surface area contributed by atoms with Crippen LogP contribution in [-0.4, -0.2) is 30.8 Å². The number of benzene rings is 3. The molecule has 0 fully saturated rings. The molecular formula is C23H18ClNO5. The summed E-state index contributed by atoms with van der Waals surface area (Å²) in [6.07, 6.45) is 0. The Kier molecular flexibility index (Phi) is 7.19. The molecule has 0 unspecified atom stereocenters. The fourth-order valence-corrected chi connectivity index (χ4v) is 2.60. The largest absolute Gasteiger partial charge is 0.457 e. The summed E-state index contributed by atoms with van der Waals surface area (Å²) in [4.78, 5) is 35.9. The number of hydrogen-bond acceptors (Lipinski definition) is 5. The van der Waals surface area contributed by atoms with Crippen molar-refractivity contribution in [3.8, 4) is 11.5 Å². The molecule has 3 aromatic carbocycles. The van der Waals surface area contributed by atoms with Gasteiger partial charge in [-0.05, 0) is 60.7 Å². The summed E-state index contributed by atoms with van der Waals surface area (Å²) in [7, 11) is 0. The van der Waals surface area contributed by atoms with E-state index in [2.05, 4.69) is 5.32 Å². The third kappa shape index (κ3) is 6.18. The monoisotopic (exact) mass is 423 g/mol. The Hall–Kier alpha value is -3.64. The summed E-state index contributed by atoms with van der Waals surface area (Å²) < 4.78 is 10.6. The molecule has 7 heteroatoms. The Morgan fingerprint density at radius 1 is 0.767 bits per heavy atom. The highest BCUT2D eigenvalue weighted by atomic mass is 35.5. The molecular weight excluding hydrogens is 406 g/mol. The van der Waals surface area contributed by atoms with Crippen molar-refractivity contribution in [2.75, 3.05) is 13.2 Å². The molecule has 0 heterocycles. The highest BCUT2D eigenvalue weighted by Crippen LogP contribution is 2.21. The number of para-hydroxylation sites is 1. The predicted molar refractivity (Wildman–Crippen MR) is 112 cm³/mol. The topological polar surface area (TPSA) is 81.7 Å². The Labute approximate surface area is 178 Å². The molecule has 0 saturated carbocycles. The van der Waals surface area contributed by atoms with Gasteiger partial charge in [0.2, 0.25) is 0 Å². The average Bonchev–Trinajstić information content (AvgIpc) is 2.77. The normalized spacial score (nSPS) is 10.2. The lowest BCUT2D eigenvalue weighted by atomic mass is 10.1. The molecule has 3 aromatic rings. The molecule has 1 amide bonds. The van der Waals surface area contributed by atoms with Crippen molar-refractivity contribution in [1.82, 2.24) is 5.32 Å². The molecule has 0 aliphatic carbocycles. The number of ketones is 1. The molecule has 0 atom stereocenters. The Morgan fingerprint density at radius 3 is 2.03 bits per heavy atom. The second-order valence-electron chi connectivity index (χ2n) is 6.21. The minimum Gasteiger partial charge on any atom is -0.457 e.